The minimum atomic E-state index is -2.58. The molecule has 0 saturated heterocycles. The maximum Gasteiger partial charge on any atom is 0.258 e. The van der Waals surface area contributed by atoms with Gasteiger partial charge in [0, 0.05) is 12.0 Å². The van der Waals surface area contributed by atoms with Crippen molar-refractivity contribution in [2.45, 2.75) is 24.7 Å². The monoisotopic (exact) mass is 198 g/mol. The van der Waals surface area contributed by atoms with Gasteiger partial charge in [0.15, 0.2) is 0 Å². The van der Waals surface area contributed by atoms with E-state index in [1.54, 1.807) is 31.2 Å². The first-order chi connectivity index (χ1) is 6.51. The standard InChI is InChI=1S/C11H12F2O/c1-10(7-11(10,12)13)8-5-3-4-6-9(8)14-2/h3-6H,7H2,1-2H3. The number of para-hydroxylation sites is 1. The van der Waals surface area contributed by atoms with Crippen molar-refractivity contribution in [3.63, 3.8) is 0 Å². The van der Waals surface area contributed by atoms with Crippen molar-refractivity contribution < 1.29 is 13.5 Å². The van der Waals surface area contributed by atoms with E-state index in [2.05, 4.69) is 0 Å². The van der Waals surface area contributed by atoms with Crippen LogP contribution in [0.1, 0.15) is 18.9 Å². The average Bonchev–Trinajstić information content (AvgIpc) is 2.67. The lowest BCUT2D eigenvalue weighted by Gasteiger charge is -2.14. The fourth-order valence-electron chi connectivity index (χ4n) is 1.79. The molecule has 1 unspecified atom stereocenters. The Labute approximate surface area is 81.7 Å². The topological polar surface area (TPSA) is 9.23 Å². The number of halogens is 2. The highest BCUT2D eigenvalue weighted by molar-refractivity contribution is 5.46. The van der Waals surface area contributed by atoms with E-state index in [0.717, 1.165) is 0 Å². The van der Waals surface area contributed by atoms with Gasteiger partial charge in [0.05, 0.1) is 12.5 Å². The lowest BCUT2D eigenvalue weighted by Crippen LogP contribution is -2.12. The van der Waals surface area contributed by atoms with E-state index in [-0.39, 0.29) is 6.42 Å². The van der Waals surface area contributed by atoms with Gasteiger partial charge in [0.1, 0.15) is 5.75 Å². The van der Waals surface area contributed by atoms with Crippen LogP contribution in [0.2, 0.25) is 0 Å². The van der Waals surface area contributed by atoms with Crippen molar-refractivity contribution in [1.29, 1.82) is 0 Å². The fraction of sp³-hybridized carbons (Fsp3) is 0.455. The van der Waals surface area contributed by atoms with E-state index >= 15 is 0 Å². The van der Waals surface area contributed by atoms with Crippen LogP contribution in [-0.2, 0) is 5.41 Å². The zero-order valence-corrected chi connectivity index (χ0v) is 8.18. The van der Waals surface area contributed by atoms with Crippen LogP contribution in [0.25, 0.3) is 0 Å². The third kappa shape index (κ3) is 1.11. The molecule has 0 amide bonds. The van der Waals surface area contributed by atoms with Gasteiger partial charge in [-0.1, -0.05) is 18.2 Å². The van der Waals surface area contributed by atoms with Crippen LogP contribution in [0.3, 0.4) is 0 Å². The summed E-state index contributed by atoms with van der Waals surface area (Å²) in [5, 5.41) is 0. The SMILES string of the molecule is COc1ccccc1C1(C)CC1(F)F. The van der Waals surface area contributed by atoms with E-state index in [0.29, 0.717) is 11.3 Å². The maximum absolute atomic E-state index is 13.1. The Kier molecular flexibility index (Phi) is 1.81. The van der Waals surface area contributed by atoms with Crippen LogP contribution in [0.5, 0.6) is 5.75 Å². The van der Waals surface area contributed by atoms with Crippen LogP contribution in [-0.4, -0.2) is 13.0 Å². The van der Waals surface area contributed by atoms with E-state index in [1.165, 1.54) is 7.11 Å². The Bertz CT molecular complexity index is 362. The van der Waals surface area contributed by atoms with Crippen LogP contribution >= 0.6 is 0 Å². The highest BCUT2D eigenvalue weighted by atomic mass is 19.3. The first kappa shape index (κ1) is 9.44. The highest BCUT2D eigenvalue weighted by Crippen LogP contribution is 2.62. The highest BCUT2D eigenvalue weighted by Gasteiger charge is 2.69. The molecular formula is C11H12F2O. The second-order valence-corrected chi connectivity index (χ2v) is 3.91. The van der Waals surface area contributed by atoms with Gasteiger partial charge in [-0.15, -0.1) is 0 Å². The summed E-state index contributed by atoms with van der Waals surface area (Å²) >= 11 is 0. The van der Waals surface area contributed by atoms with Crippen molar-refractivity contribution in [3.05, 3.63) is 29.8 Å². The first-order valence-corrected chi connectivity index (χ1v) is 4.52. The van der Waals surface area contributed by atoms with Gasteiger partial charge >= 0.3 is 0 Å². The zero-order chi connectivity index (χ0) is 10.4. The number of hydrogen-bond donors (Lipinski definition) is 0. The summed E-state index contributed by atoms with van der Waals surface area (Å²) in [7, 11) is 1.50. The van der Waals surface area contributed by atoms with E-state index in [9.17, 15) is 8.78 Å². The molecular weight excluding hydrogens is 186 g/mol. The van der Waals surface area contributed by atoms with E-state index in [1.807, 2.05) is 0 Å². The number of hydrogen-bond acceptors (Lipinski definition) is 1. The molecule has 1 fully saturated rings. The molecule has 1 aromatic rings. The Morgan fingerprint density at radius 3 is 2.36 bits per heavy atom. The molecule has 0 spiro atoms. The molecule has 0 bridgehead atoms. The van der Waals surface area contributed by atoms with E-state index < -0.39 is 11.3 Å². The minimum Gasteiger partial charge on any atom is -0.496 e. The third-order valence-electron chi connectivity index (χ3n) is 2.96. The van der Waals surface area contributed by atoms with Crippen molar-refractivity contribution in [3.8, 4) is 5.75 Å². The quantitative estimate of drug-likeness (QED) is 0.709. The molecule has 0 N–H and O–H groups in total. The van der Waals surface area contributed by atoms with Crippen molar-refractivity contribution in [2.75, 3.05) is 7.11 Å². The number of benzene rings is 1. The van der Waals surface area contributed by atoms with Gasteiger partial charge in [-0.05, 0) is 13.0 Å². The average molecular weight is 198 g/mol. The molecule has 76 valence electrons. The molecule has 1 saturated carbocycles. The maximum atomic E-state index is 13.1. The van der Waals surface area contributed by atoms with Gasteiger partial charge in [0.25, 0.3) is 5.92 Å². The number of methoxy groups -OCH3 is 1. The molecule has 2 rings (SSSR count). The molecule has 0 aliphatic heterocycles. The smallest absolute Gasteiger partial charge is 0.258 e. The fourth-order valence-corrected chi connectivity index (χ4v) is 1.79. The number of ether oxygens (including phenoxy) is 1. The Morgan fingerprint density at radius 1 is 1.29 bits per heavy atom. The van der Waals surface area contributed by atoms with Crippen molar-refractivity contribution >= 4 is 0 Å². The Hall–Kier alpha value is -1.12. The van der Waals surface area contributed by atoms with Crippen LogP contribution in [0.15, 0.2) is 24.3 Å². The lowest BCUT2D eigenvalue weighted by molar-refractivity contribution is 0.0913. The molecule has 3 heteroatoms. The van der Waals surface area contributed by atoms with Crippen LogP contribution in [0, 0.1) is 0 Å². The van der Waals surface area contributed by atoms with Crippen LogP contribution in [0.4, 0.5) is 8.78 Å². The number of rotatable bonds is 2. The van der Waals surface area contributed by atoms with Gasteiger partial charge < -0.3 is 4.74 Å². The lowest BCUT2D eigenvalue weighted by atomic mass is 9.96. The molecule has 0 radical (unpaired) electrons. The minimum absolute atomic E-state index is 0.0830. The second-order valence-electron chi connectivity index (χ2n) is 3.91. The molecule has 1 aromatic carbocycles. The number of alkyl halides is 2. The summed E-state index contributed by atoms with van der Waals surface area (Å²) < 4.78 is 31.3. The zero-order valence-electron chi connectivity index (χ0n) is 8.18. The summed E-state index contributed by atoms with van der Waals surface area (Å²) in [4.78, 5) is 0. The summed E-state index contributed by atoms with van der Waals surface area (Å²) in [5.41, 5.74) is -0.424. The summed E-state index contributed by atoms with van der Waals surface area (Å²) in [6.07, 6.45) is -0.0830. The van der Waals surface area contributed by atoms with Gasteiger partial charge in [-0.3, -0.25) is 0 Å². The van der Waals surface area contributed by atoms with Gasteiger partial charge in [-0.2, -0.15) is 0 Å². The van der Waals surface area contributed by atoms with Crippen molar-refractivity contribution in [1.82, 2.24) is 0 Å². The summed E-state index contributed by atoms with van der Waals surface area (Å²) in [6.45, 7) is 1.57. The first-order valence-electron chi connectivity index (χ1n) is 4.52. The molecule has 1 atom stereocenters. The van der Waals surface area contributed by atoms with E-state index in [4.69, 9.17) is 4.74 Å². The predicted molar refractivity (Wildman–Crippen MR) is 49.9 cm³/mol. The molecule has 0 heterocycles. The normalized spacial score (nSPS) is 28.6. The molecule has 1 nitrogen and oxygen atoms in total. The summed E-state index contributed by atoms with van der Waals surface area (Å²) in [5.74, 6) is -2.03. The van der Waals surface area contributed by atoms with Crippen molar-refractivity contribution in [2.24, 2.45) is 0 Å². The second kappa shape index (κ2) is 2.69. The predicted octanol–water partition coefficient (Wildman–Crippen LogP) is 2.99. The van der Waals surface area contributed by atoms with Crippen LogP contribution < -0.4 is 4.74 Å². The molecule has 14 heavy (non-hydrogen) atoms. The molecule has 1 aliphatic carbocycles. The van der Waals surface area contributed by atoms with Gasteiger partial charge in [-0.25, -0.2) is 8.78 Å². The molecule has 0 aromatic heterocycles. The molecule has 1 aliphatic rings. The Morgan fingerprint density at radius 2 is 1.86 bits per heavy atom. The summed E-state index contributed by atoms with van der Waals surface area (Å²) in [6, 6.07) is 6.97. The third-order valence-corrected chi connectivity index (χ3v) is 2.96. The van der Waals surface area contributed by atoms with Gasteiger partial charge in [0.2, 0.25) is 0 Å². The Balaban J connectivity index is 2.43. The largest absolute Gasteiger partial charge is 0.496 e.